The van der Waals surface area contributed by atoms with E-state index in [1.54, 1.807) is 13.8 Å². The Morgan fingerprint density at radius 1 is 1.25 bits per heavy atom. The number of aromatic nitrogens is 3. The molecule has 0 aromatic carbocycles. The lowest BCUT2D eigenvalue weighted by atomic mass is 10.1. The zero-order valence-corrected chi connectivity index (χ0v) is 15.0. The van der Waals surface area contributed by atoms with Gasteiger partial charge in [-0.15, -0.1) is 5.10 Å². The van der Waals surface area contributed by atoms with Gasteiger partial charge in [0.05, 0.1) is 11.7 Å². The van der Waals surface area contributed by atoms with Crippen molar-refractivity contribution in [1.29, 1.82) is 0 Å². The molecule has 1 unspecified atom stereocenters. The van der Waals surface area contributed by atoms with E-state index in [-0.39, 0.29) is 10.9 Å². The van der Waals surface area contributed by atoms with E-state index in [2.05, 4.69) is 15.4 Å². The summed E-state index contributed by atoms with van der Waals surface area (Å²) in [4.78, 5) is 2.01. The molecular formula is C15H21N5O3S. The third-order valence-corrected chi connectivity index (χ3v) is 6.36. The van der Waals surface area contributed by atoms with Gasteiger partial charge in [0.1, 0.15) is 10.6 Å². The van der Waals surface area contributed by atoms with E-state index in [0.717, 1.165) is 18.7 Å². The average molecular weight is 351 g/mol. The van der Waals surface area contributed by atoms with Crippen LogP contribution >= 0.6 is 0 Å². The van der Waals surface area contributed by atoms with Gasteiger partial charge in [0.2, 0.25) is 10.0 Å². The van der Waals surface area contributed by atoms with Crippen LogP contribution in [0.1, 0.15) is 36.0 Å². The van der Waals surface area contributed by atoms with E-state index in [0.29, 0.717) is 23.7 Å². The average Bonchev–Trinajstić information content (AvgIpc) is 3.15. The molecule has 0 bridgehead atoms. The van der Waals surface area contributed by atoms with E-state index >= 15 is 0 Å². The van der Waals surface area contributed by atoms with Crippen molar-refractivity contribution in [2.75, 3.05) is 25.5 Å². The summed E-state index contributed by atoms with van der Waals surface area (Å²) in [6, 6.07) is 3.38. The summed E-state index contributed by atoms with van der Waals surface area (Å²) in [6.07, 6.45) is 1.50. The second-order valence-electron chi connectivity index (χ2n) is 6.14. The molecule has 9 heteroatoms. The van der Waals surface area contributed by atoms with Crippen LogP contribution in [0, 0.1) is 13.8 Å². The normalized spacial score (nSPS) is 18.9. The Morgan fingerprint density at radius 3 is 2.54 bits per heavy atom. The second-order valence-corrected chi connectivity index (χ2v) is 7.97. The smallest absolute Gasteiger partial charge is 0.249 e. The second kappa shape index (κ2) is 6.14. The molecule has 0 radical (unpaired) electrons. The van der Waals surface area contributed by atoms with Crippen molar-refractivity contribution in [2.45, 2.75) is 37.6 Å². The van der Waals surface area contributed by atoms with E-state index in [9.17, 15) is 8.42 Å². The van der Waals surface area contributed by atoms with Gasteiger partial charge in [-0.3, -0.25) is 0 Å². The third kappa shape index (κ3) is 2.78. The molecule has 0 saturated carbocycles. The molecule has 0 amide bonds. The summed E-state index contributed by atoms with van der Waals surface area (Å²) in [6.45, 7) is 3.71. The topological polar surface area (TPSA) is 92.4 Å². The molecule has 1 saturated heterocycles. The summed E-state index contributed by atoms with van der Waals surface area (Å²) in [5.41, 5.74) is 1.04. The van der Waals surface area contributed by atoms with Crippen molar-refractivity contribution in [3.63, 3.8) is 0 Å². The van der Waals surface area contributed by atoms with Gasteiger partial charge in [-0.05, 0) is 38.8 Å². The van der Waals surface area contributed by atoms with Crippen LogP contribution in [0.25, 0.3) is 0 Å². The number of anilines is 1. The van der Waals surface area contributed by atoms with Crippen LogP contribution in [-0.4, -0.2) is 48.7 Å². The van der Waals surface area contributed by atoms with Gasteiger partial charge in [0.25, 0.3) is 0 Å². The molecule has 3 heterocycles. The van der Waals surface area contributed by atoms with Crippen LogP contribution in [0.4, 0.5) is 5.82 Å². The molecule has 2 aromatic heterocycles. The fourth-order valence-corrected chi connectivity index (χ4v) is 5.00. The monoisotopic (exact) mass is 351 g/mol. The maximum absolute atomic E-state index is 13.1. The maximum atomic E-state index is 13.1. The zero-order chi connectivity index (χ0) is 17.5. The molecule has 0 spiro atoms. The van der Waals surface area contributed by atoms with E-state index in [4.69, 9.17) is 4.52 Å². The molecule has 1 aliphatic rings. The maximum Gasteiger partial charge on any atom is 0.249 e. The Bertz CT molecular complexity index is 810. The minimum absolute atomic E-state index is 0.160. The lowest BCUT2D eigenvalue weighted by molar-refractivity contribution is 0.380. The summed E-state index contributed by atoms with van der Waals surface area (Å²) >= 11 is 0. The van der Waals surface area contributed by atoms with Crippen molar-refractivity contribution in [1.82, 2.24) is 19.7 Å². The van der Waals surface area contributed by atoms with Crippen molar-refractivity contribution < 1.29 is 12.9 Å². The molecule has 0 N–H and O–H groups in total. The van der Waals surface area contributed by atoms with Gasteiger partial charge in [-0.1, -0.05) is 5.16 Å². The molecule has 24 heavy (non-hydrogen) atoms. The van der Waals surface area contributed by atoms with Crippen LogP contribution in [0.3, 0.4) is 0 Å². The van der Waals surface area contributed by atoms with Gasteiger partial charge >= 0.3 is 0 Å². The zero-order valence-electron chi connectivity index (χ0n) is 14.2. The molecule has 0 aliphatic carbocycles. The highest BCUT2D eigenvalue weighted by molar-refractivity contribution is 7.89. The Morgan fingerprint density at radius 2 is 2.00 bits per heavy atom. The van der Waals surface area contributed by atoms with Crippen molar-refractivity contribution in [3.8, 4) is 0 Å². The Balaban J connectivity index is 1.96. The van der Waals surface area contributed by atoms with Crippen LogP contribution in [0.5, 0.6) is 0 Å². The van der Waals surface area contributed by atoms with Gasteiger partial charge in [-0.25, -0.2) is 8.42 Å². The molecule has 130 valence electrons. The molecule has 1 aliphatic heterocycles. The number of hydrogen-bond acceptors (Lipinski definition) is 7. The number of sulfonamides is 1. The van der Waals surface area contributed by atoms with Gasteiger partial charge in [-0.2, -0.15) is 9.40 Å². The Labute approximate surface area is 141 Å². The lowest BCUT2D eigenvalue weighted by Gasteiger charge is -2.23. The fourth-order valence-electron chi connectivity index (χ4n) is 3.04. The van der Waals surface area contributed by atoms with E-state index in [1.807, 2.05) is 31.1 Å². The Hall–Kier alpha value is -2.00. The molecule has 2 aromatic rings. The minimum atomic E-state index is -3.68. The van der Waals surface area contributed by atoms with Crippen molar-refractivity contribution in [3.05, 3.63) is 29.3 Å². The van der Waals surface area contributed by atoms with Crippen LogP contribution in [-0.2, 0) is 10.0 Å². The largest absolute Gasteiger partial charge is 0.361 e. The molecule has 1 fully saturated rings. The predicted molar refractivity (Wildman–Crippen MR) is 88.2 cm³/mol. The summed E-state index contributed by atoms with van der Waals surface area (Å²) in [5.74, 6) is 1.05. The van der Waals surface area contributed by atoms with Crippen LogP contribution < -0.4 is 4.90 Å². The van der Waals surface area contributed by atoms with Gasteiger partial charge in [0, 0.05) is 20.6 Å². The first-order chi connectivity index (χ1) is 11.3. The van der Waals surface area contributed by atoms with Gasteiger partial charge < -0.3 is 9.42 Å². The van der Waals surface area contributed by atoms with Crippen LogP contribution in [0.15, 0.2) is 21.6 Å². The standard InChI is InChI=1S/C15H21N5O3S/c1-10-15(11(2)23-18-10)24(21,22)20-9-5-6-13(20)12-7-8-14(17-16-12)19(3)4/h7-8,13H,5-6,9H2,1-4H3. The first kappa shape index (κ1) is 16.8. The number of rotatable bonds is 4. The lowest BCUT2D eigenvalue weighted by Crippen LogP contribution is -2.32. The molecule has 3 rings (SSSR count). The predicted octanol–water partition coefficient (Wildman–Crippen LogP) is 1.67. The van der Waals surface area contributed by atoms with E-state index < -0.39 is 10.0 Å². The molecular weight excluding hydrogens is 330 g/mol. The summed E-state index contributed by atoms with van der Waals surface area (Å²) < 4.78 is 32.7. The Kier molecular flexibility index (Phi) is 4.31. The minimum Gasteiger partial charge on any atom is -0.361 e. The SMILES string of the molecule is Cc1noc(C)c1S(=O)(=O)N1CCCC1c1ccc(N(C)C)nn1. The van der Waals surface area contributed by atoms with Crippen LogP contribution in [0.2, 0.25) is 0 Å². The van der Waals surface area contributed by atoms with Crippen molar-refractivity contribution in [2.24, 2.45) is 0 Å². The molecule has 1 atom stereocenters. The summed E-state index contributed by atoms with van der Waals surface area (Å²) in [7, 11) is 0.0832. The molecule has 8 nitrogen and oxygen atoms in total. The third-order valence-electron chi connectivity index (χ3n) is 4.21. The number of aryl methyl sites for hydroxylation is 2. The summed E-state index contributed by atoms with van der Waals surface area (Å²) in [5, 5.41) is 12.2. The van der Waals surface area contributed by atoms with Gasteiger partial charge in [0.15, 0.2) is 11.6 Å². The van der Waals surface area contributed by atoms with E-state index in [1.165, 1.54) is 4.31 Å². The fraction of sp³-hybridized carbons (Fsp3) is 0.533. The number of hydrogen-bond donors (Lipinski definition) is 0. The van der Waals surface area contributed by atoms with Crippen molar-refractivity contribution >= 4 is 15.8 Å². The highest BCUT2D eigenvalue weighted by Crippen LogP contribution is 2.37. The first-order valence-corrected chi connectivity index (χ1v) is 9.22. The number of nitrogens with zero attached hydrogens (tertiary/aromatic N) is 5. The highest BCUT2D eigenvalue weighted by Gasteiger charge is 2.40. The quantitative estimate of drug-likeness (QED) is 0.827. The first-order valence-electron chi connectivity index (χ1n) is 7.78. The highest BCUT2D eigenvalue weighted by atomic mass is 32.2.